The third-order valence-corrected chi connectivity index (χ3v) is 4.36. The molecule has 0 fully saturated rings. The summed E-state index contributed by atoms with van der Waals surface area (Å²) in [6, 6.07) is 12.6. The van der Waals surface area contributed by atoms with Crippen LogP contribution in [0.4, 0.5) is 11.4 Å². The summed E-state index contributed by atoms with van der Waals surface area (Å²) in [6.07, 6.45) is -1.21. The van der Waals surface area contributed by atoms with Crippen molar-refractivity contribution in [3.05, 3.63) is 75.1 Å². The Morgan fingerprint density at radius 1 is 1.20 bits per heavy atom. The fraction of sp³-hybridized carbons (Fsp3) is 0.158. The summed E-state index contributed by atoms with van der Waals surface area (Å²) in [7, 11) is 0. The van der Waals surface area contributed by atoms with Crippen molar-refractivity contribution in [2.75, 3.05) is 5.32 Å². The van der Waals surface area contributed by atoms with Crippen molar-refractivity contribution in [1.29, 1.82) is 0 Å². The number of nitrogens with one attached hydrogen (secondary N) is 1. The minimum absolute atomic E-state index is 0.0324. The average molecular weight is 430 g/mol. The van der Waals surface area contributed by atoms with E-state index in [0.29, 0.717) is 11.4 Å². The molecule has 3 rings (SSSR count). The van der Waals surface area contributed by atoms with E-state index in [2.05, 4.69) is 15.5 Å². The number of amides is 1. The lowest BCUT2D eigenvalue weighted by Gasteiger charge is -2.13. The van der Waals surface area contributed by atoms with Crippen molar-refractivity contribution in [2.24, 2.45) is 0 Å². The summed E-state index contributed by atoms with van der Waals surface area (Å²) in [5.41, 5.74) is 0.744. The van der Waals surface area contributed by atoms with E-state index in [4.69, 9.17) is 16.3 Å². The molecule has 1 amide bonds. The fourth-order valence-corrected chi connectivity index (χ4v) is 2.64. The van der Waals surface area contributed by atoms with Crippen molar-refractivity contribution >= 4 is 34.9 Å². The Bertz CT molecular complexity index is 1120. The summed E-state index contributed by atoms with van der Waals surface area (Å²) in [4.78, 5) is 36.4. The molecule has 1 atom stereocenters. The number of non-ortho nitro benzene ring substituents is 1. The summed E-state index contributed by atoms with van der Waals surface area (Å²) in [6.45, 7) is 2.95. The van der Waals surface area contributed by atoms with Gasteiger partial charge in [0.05, 0.1) is 27.0 Å². The second kappa shape index (κ2) is 8.70. The minimum Gasteiger partial charge on any atom is -0.448 e. The van der Waals surface area contributed by atoms with Crippen LogP contribution in [0.1, 0.15) is 23.1 Å². The number of nitro groups is 1. The van der Waals surface area contributed by atoms with Crippen LogP contribution in [0.25, 0.3) is 5.69 Å². The van der Waals surface area contributed by atoms with Crippen molar-refractivity contribution in [2.45, 2.75) is 20.0 Å². The van der Waals surface area contributed by atoms with Crippen molar-refractivity contribution < 1.29 is 19.2 Å². The van der Waals surface area contributed by atoms with E-state index >= 15 is 0 Å². The molecule has 0 spiro atoms. The molecule has 0 aliphatic heterocycles. The number of carbonyl (C=O) groups excluding carboxylic acids is 2. The minimum atomic E-state index is -1.21. The molecule has 1 unspecified atom stereocenters. The number of benzene rings is 2. The van der Waals surface area contributed by atoms with E-state index in [1.54, 1.807) is 31.2 Å². The number of esters is 1. The summed E-state index contributed by atoms with van der Waals surface area (Å²) >= 11 is 5.97. The Morgan fingerprint density at radius 3 is 2.57 bits per heavy atom. The van der Waals surface area contributed by atoms with Gasteiger partial charge in [0.15, 0.2) is 11.8 Å². The van der Waals surface area contributed by atoms with Gasteiger partial charge in [-0.1, -0.05) is 29.8 Å². The quantitative estimate of drug-likeness (QED) is 0.361. The Morgan fingerprint density at radius 2 is 1.90 bits per heavy atom. The SMILES string of the molecule is Cc1nn(-c2ccccc2)nc1C(=O)OC(C)C(=O)Nc1cc([N+](=O)[O-])ccc1Cl. The van der Waals surface area contributed by atoms with E-state index in [0.717, 1.165) is 6.07 Å². The highest BCUT2D eigenvalue weighted by molar-refractivity contribution is 6.33. The van der Waals surface area contributed by atoms with Gasteiger partial charge < -0.3 is 10.1 Å². The lowest BCUT2D eigenvalue weighted by molar-refractivity contribution is -0.384. The molecule has 3 aromatic rings. The monoisotopic (exact) mass is 429 g/mol. The van der Waals surface area contributed by atoms with Gasteiger partial charge in [-0.15, -0.1) is 5.10 Å². The Labute approximate surface area is 175 Å². The smallest absolute Gasteiger partial charge is 0.361 e. The average Bonchev–Trinajstić information content (AvgIpc) is 3.11. The molecule has 0 radical (unpaired) electrons. The predicted octanol–water partition coefficient (Wildman–Crippen LogP) is 3.32. The van der Waals surface area contributed by atoms with Crippen LogP contribution in [0.15, 0.2) is 48.5 Å². The first kappa shape index (κ1) is 20.9. The van der Waals surface area contributed by atoms with Crippen LogP contribution < -0.4 is 5.32 Å². The van der Waals surface area contributed by atoms with E-state index < -0.39 is 22.9 Å². The number of nitrogens with zero attached hydrogens (tertiary/aromatic N) is 4. The molecule has 154 valence electrons. The highest BCUT2D eigenvalue weighted by Crippen LogP contribution is 2.27. The molecule has 0 bridgehead atoms. The van der Waals surface area contributed by atoms with Crippen LogP contribution in [0, 0.1) is 17.0 Å². The van der Waals surface area contributed by atoms with E-state index in [1.807, 2.05) is 6.07 Å². The van der Waals surface area contributed by atoms with Gasteiger partial charge in [-0.05, 0) is 32.0 Å². The maximum Gasteiger partial charge on any atom is 0.361 e. The zero-order valence-corrected chi connectivity index (χ0v) is 16.7. The van der Waals surface area contributed by atoms with E-state index in [9.17, 15) is 19.7 Å². The predicted molar refractivity (Wildman–Crippen MR) is 108 cm³/mol. The molecule has 1 aromatic heterocycles. The molecule has 0 saturated heterocycles. The van der Waals surface area contributed by atoms with Gasteiger partial charge >= 0.3 is 5.97 Å². The second-order valence-corrected chi connectivity index (χ2v) is 6.62. The van der Waals surface area contributed by atoms with Crippen molar-refractivity contribution in [3.8, 4) is 5.69 Å². The lowest BCUT2D eigenvalue weighted by atomic mass is 10.2. The first-order chi connectivity index (χ1) is 14.3. The van der Waals surface area contributed by atoms with Gasteiger partial charge in [-0.25, -0.2) is 4.79 Å². The van der Waals surface area contributed by atoms with Crippen molar-refractivity contribution in [1.82, 2.24) is 15.0 Å². The Balaban J connectivity index is 1.70. The molecule has 30 heavy (non-hydrogen) atoms. The highest BCUT2D eigenvalue weighted by atomic mass is 35.5. The molecule has 0 aliphatic rings. The fourth-order valence-electron chi connectivity index (χ4n) is 2.47. The lowest BCUT2D eigenvalue weighted by Crippen LogP contribution is -2.30. The van der Waals surface area contributed by atoms with Gasteiger partial charge in [0.1, 0.15) is 0 Å². The van der Waals surface area contributed by atoms with Crippen LogP contribution in [-0.2, 0) is 9.53 Å². The largest absolute Gasteiger partial charge is 0.448 e. The van der Waals surface area contributed by atoms with Gasteiger partial charge in [0.25, 0.3) is 11.6 Å². The van der Waals surface area contributed by atoms with Crippen LogP contribution in [0.3, 0.4) is 0 Å². The van der Waals surface area contributed by atoms with Crippen LogP contribution in [0.5, 0.6) is 0 Å². The number of halogens is 1. The van der Waals surface area contributed by atoms with Crippen LogP contribution >= 0.6 is 11.6 Å². The normalized spacial score (nSPS) is 11.6. The van der Waals surface area contributed by atoms with E-state index in [-0.39, 0.29) is 22.1 Å². The molecule has 0 saturated carbocycles. The molecular weight excluding hydrogens is 414 g/mol. The highest BCUT2D eigenvalue weighted by Gasteiger charge is 2.24. The maximum atomic E-state index is 12.5. The molecule has 1 heterocycles. The number of rotatable bonds is 6. The molecule has 2 aromatic carbocycles. The molecule has 10 nitrogen and oxygen atoms in total. The van der Waals surface area contributed by atoms with Gasteiger partial charge in [-0.3, -0.25) is 14.9 Å². The molecule has 0 aliphatic carbocycles. The van der Waals surface area contributed by atoms with Crippen LogP contribution in [0.2, 0.25) is 5.02 Å². The number of nitro benzene ring substituents is 1. The Hall–Kier alpha value is -3.79. The number of hydrogen-bond donors (Lipinski definition) is 1. The van der Waals surface area contributed by atoms with Gasteiger partial charge in [0.2, 0.25) is 0 Å². The molecular formula is C19H16ClN5O5. The summed E-state index contributed by atoms with van der Waals surface area (Å²) in [5.74, 6) is -1.54. The number of hydrogen-bond acceptors (Lipinski definition) is 7. The third-order valence-electron chi connectivity index (χ3n) is 4.03. The zero-order valence-electron chi connectivity index (χ0n) is 15.9. The number of ether oxygens (including phenoxy) is 1. The standard InChI is InChI=1S/C19H16ClN5O5/c1-11-17(23-24(22-11)13-6-4-3-5-7-13)19(27)30-12(2)18(26)21-16-10-14(25(28)29)8-9-15(16)20/h3-10,12H,1-2H3,(H,21,26). The Kier molecular flexibility index (Phi) is 6.07. The van der Waals surface area contributed by atoms with E-state index in [1.165, 1.54) is 23.9 Å². The van der Waals surface area contributed by atoms with Gasteiger partial charge in [0, 0.05) is 12.1 Å². The first-order valence-electron chi connectivity index (χ1n) is 8.71. The number of carbonyl (C=O) groups is 2. The molecule has 1 N–H and O–H groups in total. The van der Waals surface area contributed by atoms with Gasteiger partial charge in [-0.2, -0.15) is 9.90 Å². The van der Waals surface area contributed by atoms with Crippen molar-refractivity contribution in [3.63, 3.8) is 0 Å². The third kappa shape index (κ3) is 4.61. The summed E-state index contributed by atoms with van der Waals surface area (Å²) in [5, 5.41) is 21.7. The number of para-hydroxylation sites is 1. The summed E-state index contributed by atoms with van der Waals surface area (Å²) < 4.78 is 5.17. The number of anilines is 1. The number of aryl methyl sites for hydroxylation is 1. The number of aromatic nitrogens is 3. The first-order valence-corrected chi connectivity index (χ1v) is 9.09. The topological polar surface area (TPSA) is 129 Å². The zero-order chi connectivity index (χ0) is 21.8. The second-order valence-electron chi connectivity index (χ2n) is 6.22. The molecule has 11 heteroatoms. The maximum absolute atomic E-state index is 12.5. The van der Waals surface area contributed by atoms with Crippen LogP contribution in [-0.4, -0.2) is 37.9 Å².